The second kappa shape index (κ2) is 4.42. The zero-order chi connectivity index (χ0) is 12.4. The third-order valence-electron chi connectivity index (χ3n) is 2.23. The minimum absolute atomic E-state index is 0.174. The van der Waals surface area contributed by atoms with Crippen LogP contribution in [0.4, 0.5) is 10.9 Å². The zero-order valence-corrected chi connectivity index (χ0v) is 9.95. The minimum atomic E-state index is -0.181. The number of methoxy groups -OCH3 is 1. The fourth-order valence-electron chi connectivity index (χ4n) is 1.39. The number of thiazole rings is 1. The average molecular weight is 249 g/mol. The van der Waals surface area contributed by atoms with E-state index >= 15 is 0 Å². The number of nitrogens with zero attached hydrogens (tertiary/aromatic N) is 1. The van der Waals surface area contributed by atoms with Gasteiger partial charge >= 0.3 is 0 Å². The van der Waals surface area contributed by atoms with Gasteiger partial charge in [0, 0.05) is 5.56 Å². The van der Waals surface area contributed by atoms with E-state index in [1.54, 1.807) is 31.4 Å². The Hall–Kier alpha value is -2.08. The topological polar surface area (TPSA) is 91.2 Å². The molecular weight excluding hydrogens is 238 g/mol. The highest BCUT2D eigenvalue weighted by molar-refractivity contribution is 7.18. The maximum atomic E-state index is 12.1. The largest absolute Gasteiger partial charge is 0.497 e. The Balaban J connectivity index is 2.33. The van der Waals surface area contributed by atoms with Crippen LogP contribution in [-0.2, 0) is 0 Å². The van der Waals surface area contributed by atoms with E-state index in [1.165, 1.54) is 0 Å². The first kappa shape index (κ1) is 11.4. The summed E-state index contributed by atoms with van der Waals surface area (Å²) in [5.41, 5.74) is 11.6. The van der Waals surface area contributed by atoms with Gasteiger partial charge in [0.05, 0.1) is 7.11 Å². The molecule has 0 aliphatic carbocycles. The van der Waals surface area contributed by atoms with E-state index in [1.807, 2.05) is 0 Å². The second-order valence-electron chi connectivity index (χ2n) is 3.32. The maximum Gasteiger partial charge on any atom is 0.206 e. The number of hydrogen-bond donors (Lipinski definition) is 2. The Kier molecular flexibility index (Phi) is 2.97. The van der Waals surface area contributed by atoms with E-state index in [9.17, 15) is 4.79 Å². The van der Waals surface area contributed by atoms with E-state index < -0.39 is 0 Å². The lowest BCUT2D eigenvalue weighted by Gasteiger charge is -2.01. The zero-order valence-electron chi connectivity index (χ0n) is 9.14. The van der Waals surface area contributed by atoms with Crippen LogP contribution >= 0.6 is 11.3 Å². The number of nitrogens with two attached hydrogens (primary N) is 2. The van der Waals surface area contributed by atoms with E-state index in [4.69, 9.17) is 16.2 Å². The number of carbonyl (C=O) groups is 1. The number of ketones is 1. The maximum absolute atomic E-state index is 12.1. The first-order chi connectivity index (χ1) is 8.11. The highest BCUT2D eigenvalue weighted by Gasteiger charge is 2.16. The molecule has 1 aromatic heterocycles. The van der Waals surface area contributed by atoms with Crippen LogP contribution in [0.3, 0.4) is 0 Å². The van der Waals surface area contributed by atoms with Gasteiger partial charge in [0.1, 0.15) is 16.4 Å². The van der Waals surface area contributed by atoms with Crippen LogP contribution in [0.5, 0.6) is 5.75 Å². The molecule has 0 saturated carbocycles. The summed E-state index contributed by atoms with van der Waals surface area (Å²) >= 11 is 1.09. The Bertz CT molecular complexity index is 548. The molecule has 1 aromatic carbocycles. The summed E-state index contributed by atoms with van der Waals surface area (Å²) in [6, 6.07) is 6.79. The number of nitrogen functional groups attached to an aromatic ring is 2. The van der Waals surface area contributed by atoms with Crippen molar-refractivity contribution in [1.29, 1.82) is 0 Å². The summed E-state index contributed by atoms with van der Waals surface area (Å²) in [5, 5.41) is 0.291. The predicted molar refractivity (Wildman–Crippen MR) is 67.4 cm³/mol. The molecule has 0 aliphatic rings. The quantitative estimate of drug-likeness (QED) is 0.805. The van der Waals surface area contributed by atoms with Gasteiger partial charge in [-0.1, -0.05) is 11.3 Å². The third-order valence-corrected chi connectivity index (χ3v) is 3.13. The first-order valence-electron chi connectivity index (χ1n) is 4.82. The number of carbonyl (C=O) groups excluding carboxylic acids is 1. The van der Waals surface area contributed by atoms with Crippen molar-refractivity contribution in [2.24, 2.45) is 0 Å². The van der Waals surface area contributed by atoms with Gasteiger partial charge in [-0.2, -0.15) is 0 Å². The number of rotatable bonds is 3. The molecule has 0 atom stereocenters. The van der Waals surface area contributed by atoms with Crippen LogP contribution in [0.2, 0.25) is 0 Å². The Morgan fingerprint density at radius 2 is 1.94 bits per heavy atom. The number of aromatic nitrogens is 1. The highest BCUT2D eigenvalue weighted by Crippen LogP contribution is 2.25. The minimum Gasteiger partial charge on any atom is -0.497 e. The lowest BCUT2D eigenvalue weighted by Crippen LogP contribution is -2.02. The fourth-order valence-corrected chi connectivity index (χ4v) is 2.10. The van der Waals surface area contributed by atoms with Crippen LogP contribution < -0.4 is 16.2 Å². The van der Waals surface area contributed by atoms with Gasteiger partial charge in [-0.25, -0.2) is 4.98 Å². The Morgan fingerprint density at radius 3 is 2.41 bits per heavy atom. The Labute approximate surface area is 102 Å². The van der Waals surface area contributed by atoms with Crippen molar-refractivity contribution in [3.05, 3.63) is 34.7 Å². The summed E-state index contributed by atoms with van der Waals surface area (Å²) in [7, 11) is 1.57. The third kappa shape index (κ3) is 2.21. The molecule has 1 heterocycles. The summed E-state index contributed by atoms with van der Waals surface area (Å²) in [6.07, 6.45) is 0. The van der Waals surface area contributed by atoms with E-state index in [0.717, 1.165) is 11.3 Å². The summed E-state index contributed by atoms with van der Waals surface area (Å²) in [4.78, 5) is 16.3. The van der Waals surface area contributed by atoms with Gasteiger partial charge in [0.15, 0.2) is 5.13 Å². The predicted octanol–water partition coefficient (Wildman–Crippen LogP) is 1.55. The van der Waals surface area contributed by atoms with E-state index in [0.29, 0.717) is 21.3 Å². The fraction of sp³-hybridized carbons (Fsp3) is 0.0909. The van der Waals surface area contributed by atoms with Gasteiger partial charge in [0.25, 0.3) is 0 Å². The number of hydrogen-bond acceptors (Lipinski definition) is 6. The molecule has 2 rings (SSSR count). The van der Waals surface area contributed by atoms with Gasteiger partial charge < -0.3 is 16.2 Å². The van der Waals surface area contributed by atoms with Gasteiger partial charge in [-0.3, -0.25) is 4.79 Å². The molecule has 17 heavy (non-hydrogen) atoms. The molecule has 88 valence electrons. The molecular formula is C11H11N3O2S. The molecule has 0 fully saturated rings. The van der Waals surface area contributed by atoms with Gasteiger partial charge in [0.2, 0.25) is 5.78 Å². The van der Waals surface area contributed by atoms with E-state index in [2.05, 4.69) is 4.98 Å². The van der Waals surface area contributed by atoms with Crippen molar-refractivity contribution < 1.29 is 9.53 Å². The number of ether oxygens (including phenoxy) is 1. The summed E-state index contributed by atoms with van der Waals surface area (Å²) < 4.78 is 5.02. The normalized spacial score (nSPS) is 10.2. The molecule has 0 aliphatic heterocycles. The summed E-state index contributed by atoms with van der Waals surface area (Å²) in [6.45, 7) is 0. The SMILES string of the molecule is COc1ccc(C(=O)c2sc(N)nc2N)cc1. The molecule has 0 radical (unpaired) electrons. The molecule has 0 spiro atoms. The van der Waals surface area contributed by atoms with Crippen LogP contribution in [0.1, 0.15) is 15.2 Å². The molecule has 6 heteroatoms. The van der Waals surface area contributed by atoms with Crippen molar-refractivity contribution in [2.45, 2.75) is 0 Å². The monoisotopic (exact) mass is 249 g/mol. The molecule has 0 amide bonds. The standard InChI is InChI=1S/C11H11N3O2S/c1-16-7-4-2-6(3-5-7)8(15)9-10(12)14-11(13)17-9/h2-5H,12H2,1H3,(H2,13,14). The number of benzene rings is 1. The van der Waals surface area contributed by atoms with Crippen molar-refractivity contribution in [2.75, 3.05) is 18.6 Å². The second-order valence-corrected chi connectivity index (χ2v) is 4.35. The summed E-state index contributed by atoms with van der Waals surface area (Å²) in [5.74, 6) is 0.686. The molecule has 5 nitrogen and oxygen atoms in total. The van der Waals surface area contributed by atoms with Crippen molar-refractivity contribution in [1.82, 2.24) is 4.98 Å². The van der Waals surface area contributed by atoms with E-state index in [-0.39, 0.29) is 11.6 Å². The van der Waals surface area contributed by atoms with Gasteiger partial charge in [-0.05, 0) is 24.3 Å². The smallest absolute Gasteiger partial charge is 0.206 e. The van der Waals surface area contributed by atoms with Crippen LogP contribution in [-0.4, -0.2) is 17.9 Å². The molecule has 0 bridgehead atoms. The molecule has 2 aromatic rings. The number of anilines is 2. The molecule has 4 N–H and O–H groups in total. The highest BCUT2D eigenvalue weighted by atomic mass is 32.1. The van der Waals surface area contributed by atoms with Crippen molar-refractivity contribution in [3.63, 3.8) is 0 Å². The molecule has 0 saturated heterocycles. The van der Waals surface area contributed by atoms with Crippen LogP contribution in [0.15, 0.2) is 24.3 Å². The Morgan fingerprint density at radius 1 is 1.29 bits per heavy atom. The lowest BCUT2D eigenvalue weighted by atomic mass is 10.1. The van der Waals surface area contributed by atoms with Crippen molar-refractivity contribution in [3.8, 4) is 5.75 Å². The van der Waals surface area contributed by atoms with Gasteiger partial charge in [-0.15, -0.1) is 0 Å². The lowest BCUT2D eigenvalue weighted by molar-refractivity contribution is 0.104. The van der Waals surface area contributed by atoms with Crippen molar-refractivity contribution >= 4 is 28.1 Å². The van der Waals surface area contributed by atoms with Crippen LogP contribution in [0.25, 0.3) is 0 Å². The first-order valence-corrected chi connectivity index (χ1v) is 5.64. The van der Waals surface area contributed by atoms with Crippen LogP contribution in [0, 0.1) is 0 Å². The molecule has 0 unspecified atom stereocenters. The average Bonchev–Trinajstić information content (AvgIpc) is 2.68.